The second-order valence-corrected chi connectivity index (χ2v) is 8.12. The molecular formula is C19H25N7O3. The number of ether oxygens (including phenoxy) is 1. The van der Waals surface area contributed by atoms with Gasteiger partial charge in [-0.1, -0.05) is 0 Å². The molecule has 5 rings (SSSR count). The molecule has 0 radical (unpaired) electrons. The second-order valence-electron chi connectivity index (χ2n) is 8.12. The lowest BCUT2D eigenvalue weighted by atomic mass is 10.0. The number of hydrogen-bond donors (Lipinski definition) is 0. The van der Waals surface area contributed by atoms with Crippen LogP contribution in [0.5, 0.6) is 0 Å². The third kappa shape index (κ3) is 3.31. The number of amides is 2. The lowest BCUT2D eigenvalue weighted by Gasteiger charge is -2.45. The van der Waals surface area contributed by atoms with Gasteiger partial charge in [0.2, 0.25) is 11.8 Å². The van der Waals surface area contributed by atoms with E-state index in [9.17, 15) is 9.59 Å². The van der Waals surface area contributed by atoms with E-state index in [0.717, 1.165) is 31.7 Å². The van der Waals surface area contributed by atoms with Crippen LogP contribution in [0.1, 0.15) is 19.3 Å². The van der Waals surface area contributed by atoms with Crippen molar-refractivity contribution in [2.45, 2.75) is 31.3 Å². The first-order valence-corrected chi connectivity index (χ1v) is 10.2. The smallest absolute Gasteiger partial charge is 0.228 e. The molecule has 5 heterocycles. The standard InChI is InChI=1S/C19H25N7O3/c1-23(15-10-24(11-15)17-3-2-16-21-20-12-26(16)22-17)19(28)13-8-18(27)25(9-13)14-4-6-29-7-5-14/h2-3,12-15H,4-11H2,1H3. The Hall–Kier alpha value is -2.75. The van der Waals surface area contributed by atoms with Gasteiger partial charge in [-0.05, 0) is 25.0 Å². The van der Waals surface area contributed by atoms with Crippen LogP contribution in [0.25, 0.3) is 5.65 Å². The summed E-state index contributed by atoms with van der Waals surface area (Å²) in [6, 6.07) is 4.15. The third-order valence-corrected chi connectivity index (χ3v) is 6.37. The summed E-state index contributed by atoms with van der Waals surface area (Å²) in [5.74, 6) is 0.775. The van der Waals surface area contributed by atoms with Crippen LogP contribution in [0.4, 0.5) is 5.82 Å². The largest absolute Gasteiger partial charge is 0.381 e. The van der Waals surface area contributed by atoms with Crippen molar-refractivity contribution in [1.29, 1.82) is 0 Å². The molecule has 10 heteroatoms. The van der Waals surface area contributed by atoms with E-state index in [0.29, 0.717) is 31.8 Å². The van der Waals surface area contributed by atoms with E-state index in [1.54, 1.807) is 10.8 Å². The highest BCUT2D eigenvalue weighted by Gasteiger charge is 2.42. The molecule has 0 aliphatic carbocycles. The van der Waals surface area contributed by atoms with Crippen molar-refractivity contribution in [3.63, 3.8) is 0 Å². The molecule has 3 saturated heterocycles. The molecule has 3 aliphatic rings. The van der Waals surface area contributed by atoms with Crippen LogP contribution >= 0.6 is 0 Å². The van der Waals surface area contributed by atoms with E-state index in [2.05, 4.69) is 20.2 Å². The Morgan fingerprint density at radius 3 is 2.79 bits per heavy atom. The van der Waals surface area contributed by atoms with E-state index >= 15 is 0 Å². The zero-order chi connectivity index (χ0) is 20.0. The Labute approximate surface area is 168 Å². The van der Waals surface area contributed by atoms with E-state index in [1.807, 2.05) is 29.0 Å². The fourth-order valence-corrected chi connectivity index (χ4v) is 4.49. The Morgan fingerprint density at radius 1 is 1.21 bits per heavy atom. The van der Waals surface area contributed by atoms with Crippen LogP contribution in [0, 0.1) is 5.92 Å². The number of rotatable bonds is 4. The zero-order valence-corrected chi connectivity index (χ0v) is 16.5. The van der Waals surface area contributed by atoms with Gasteiger partial charge in [-0.15, -0.1) is 15.3 Å². The van der Waals surface area contributed by atoms with Crippen molar-refractivity contribution in [1.82, 2.24) is 29.6 Å². The number of carbonyl (C=O) groups is 2. The van der Waals surface area contributed by atoms with Gasteiger partial charge in [0, 0.05) is 52.4 Å². The predicted molar refractivity (Wildman–Crippen MR) is 103 cm³/mol. The molecule has 0 saturated carbocycles. The molecule has 0 N–H and O–H groups in total. The molecule has 0 bridgehead atoms. The summed E-state index contributed by atoms with van der Waals surface area (Å²) in [7, 11) is 1.85. The predicted octanol–water partition coefficient (Wildman–Crippen LogP) is -0.201. The Bertz CT molecular complexity index is 919. The van der Waals surface area contributed by atoms with Gasteiger partial charge in [0.15, 0.2) is 5.65 Å². The van der Waals surface area contributed by atoms with Crippen molar-refractivity contribution < 1.29 is 14.3 Å². The summed E-state index contributed by atoms with van der Waals surface area (Å²) in [6.45, 7) is 3.38. The van der Waals surface area contributed by atoms with Crippen LogP contribution in [0.2, 0.25) is 0 Å². The Morgan fingerprint density at radius 2 is 2.00 bits per heavy atom. The molecule has 0 spiro atoms. The summed E-state index contributed by atoms with van der Waals surface area (Å²) in [6.07, 6.45) is 3.63. The number of anilines is 1. The maximum absolute atomic E-state index is 13.0. The minimum atomic E-state index is -0.240. The van der Waals surface area contributed by atoms with Gasteiger partial charge in [0.05, 0.1) is 12.0 Å². The lowest BCUT2D eigenvalue weighted by Crippen LogP contribution is -2.61. The second kappa shape index (κ2) is 7.25. The first-order chi connectivity index (χ1) is 14.1. The summed E-state index contributed by atoms with van der Waals surface area (Å²) < 4.78 is 7.04. The van der Waals surface area contributed by atoms with E-state index in [-0.39, 0.29) is 29.8 Å². The van der Waals surface area contributed by atoms with Crippen LogP contribution < -0.4 is 4.90 Å². The summed E-state index contributed by atoms with van der Waals surface area (Å²) in [5.41, 5.74) is 0.707. The van der Waals surface area contributed by atoms with Gasteiger partial charge >= 0.3 is 0 Å². The molecule has 2 amide bonds. The molecule has 154 valence electrons. The molecule has 2 aromatic rings. The van der Waals surface area contributed by atoms with Crippen LogP contribution in [-0.4, -0.2) is 93.4 Å². The number of nitrogens with zero attached hydrogens (tertiary/aromatic N) is 7. The van der Waals surface area contributed by atoms with Gasteiger partial charge in [0.1, 0.15) is 12.1 Å². The van der Waals surface area contributed by atoms with E-state index in [1.165, 1.54) is 0 Å². The molecule has 2 aromatic heterocycles. The van der Waals surface area contributed by atoms with Crippen molar-refractivity contribution >= 4 is 23.3 Å². The minimum Gasteiger partial charge on any atom is -0.381 e. The Balaban J connectivity index is 1.17. The third-order valence-electron chi connectivity index (χ3n) is 6.37. The number of aromatic nitrogens is 4. The number of hydrogen-bond acceptors (Lipinski definition) is 7. The van der Waals surface area contributed by atoms with Gasteiger partial charge in [-0.25, -0.2) is 0 Å². The fourth-order valence-electron chi connectivity index (χ4n) is 4.49. The number of carbonyl (C=O) groups excluding carboxylic acids is 2. The first kappa shape index (κ1) is 18.3. The maximum Gasteiger partial charge on any atom is 0.228 e. The molecule has 10 nitrogen and oxygen atoms in total. The van der Waals surface area contributed by atoms with Gasteiger partial charge < -0.3 is 19.4 Å². The molecule has 0 aromatic carbocycles. The van der Waals surface area contributed by atoms with Gasteiger partial charge in [-0.3, -0.25) is 9.59 Å². The quantitative estimate of drug-likeness (QED) is 0.702. The minimum absolute atomic E-state index is 0.0692. The average molecular weight is 399 g/mol. The van der Waals surface area contributed by atoms with Crippen molar-refractivity contribution in [2.24, 2.45) is 5.92 Å². The topological polar surface area (TPSA) is 96.2 Å². The number of likely N-dealkylation sites (N-methyl/N-ethyl adjacent to an activating group) is 1. The monoisotopic (exact) mass is 399 g/mol. The highest BCUT2D eigenvalue weighted by atomic mass is 16.5. The van der Waals surface area contributed by atoms with Crippen molar-refractivity contribution in [2.75, 3.05) is 44.8 Å². The molecule has 3 aliphatic heterocycles. The van der Waals surface area contributed by atoms with Gasteiger partial charge in [0.25, 0.3) is 0 Å². The van der Waals surface area contributed by atoms with E-state index in [4.69, 9.17) is 4.74 Å². The molecule has 29 heavy (non-hydrogen) atoms. The Kier molecular flexibility index (Phi) is 4.57. The first-order valence-electron chi connectivity index (χ1n) is 10.2. The fraction of sp³-hybridized carbons (Fsp3) is 0.632. The molecule has 3 fully saturated rings. The van der Waals surface area contributed by atoms with Gasteiger partial charge in [-0.2, -0.15) is 4.52 Å². The number of fused-ring (bicyclic) bond motifs is 1. The molecule has 1 atom stereocenters. The van der Waals surface area contributed by atoms with Crippen molar-refractivity contribution in [3.8, 4) is 0 Å². The SMILES string of the molecule is CN(C(=O)C1CC(=O)N(C2CCOCC2)C1)C1CN(c2ccc3nncn3n2)C1. The zero-order valence-electron chi connectivity index (χ0n) is 16.5. The normalized spacial score (nSPS) is 23.6. The maximum atomic E-state index is 13.0. The molecular weight excluding hydrogens is 374 g/mol. The van der Waals surface area contributed by atoms with Crippen molar-refractivity contribution in [3.05, 3.63) is 18.5 Å². The average Bonchev–Trinajstić information content (AvgIpc) is 3.33. The highest BCUT2D eigenvalue weighted by Crippen LogP contribution is 2.28. The summed E-state index contributed by atoms with van der Waals surface area (Å²) >= 11 is 0. The number of likely N-dealkylation sites (tertiary alicyclic amines) is 1. The van der Waals surface area contributed by atoms with E-state index < -0.39 is 0 Å². The van der Waals surface area contributed by atoms with Crippen LogP contribution in [0.3, 0.4) is 0 Å². The highest BCUT2D eigenvalue weighted by molar-refractivity contribution is 5.89. The van der Waals surface area contributed by atoms with Crippen LogP contribution in [0.15, 0.2) is 18.5 Å². The lowest BCUT2D eigenvalue weighted by molar-refractivity contribution is -0.137. The summed E-state index contributed by atoms with van der Waals surface area (Å²) in [4.78, 5) is 31.3. The van der Waals surface area contributed by atoms with Crippen LogP contribution in [-0.2, 0) is 14.3 Å². The molecule has 1 unspecified atom stereocenters. The summed E-state index contributed by atoms with van der Waals surface area (Å²) in [5, 5.41) is 12.3.